The number of carbonyl (C=O) groups is 4. The molecule has 14 heteroatoms. The Labute approximate surface area is 339 Å². The van der Waals surface area contributed by atoms with Crippen LogP contribution in [0.25, 0.3) is 0 Å². The molecule has 4 aromatic carbocycles. The van der Waals surface area contributed by atoms with Gasteiger partial charge < -0.3 is 35.4 Å². The van der Waals surface area contributed by atoms with Gasteiger partial charge in [-0.1, -0.05) is 104 Å². The van der Waals surface area contributed by atoms with Gasteiger partial charge >= 0.3 is 38.8 Å². The first-order chi connectivity index (χ1) is 27.0. The standard InChI is InChI=1S/C21H24N2O3.C14H17NO4.C7H9N.CH4.BH2OP/c1-16-8-5-6-12-19(16)22-20(24)18-11-7-13-23(14-18)21(25)26-15-17-9-3-2-4-10-17;16-13(17)12-7-4-8-15(9-12)14(18)19-10-11-5-2-1-3-6-11;1-6-4-2-3-5-7(6)8;;2-1-3/h2-6,8-10,12,18H,7,11,13-15H2,1H3,(H,22,24);1-3,5-6,12H,4,7-10H2,(H,16,17);2-5H,8H2,1H3;1H4;3H2. The van der Waals surface area contributed by atoms with Crippen LogP contribution >= 0.6 is 9.12 Å². The summed E-state index contributed by atoms with van der Waals surface area (Å²) in [6.07, 6.45) is 2.11. The first-order valence-electron chi connectivity index (χ1n) is 18.5. The molecule has 0 aromatic heterocycles. The third-order valence-electron chi connectivity index (χ3n) is 9.08. The normalized spacial score (nSPS) is 15.4. The van der Waals surface area contributed by atoms with Crippen molar-refractivity contribution in [2.24, 2.45) is 11.8 Å². The van der Waals surface area contributed by atoms with Gasteiger partial charge in [-0.2, -0.15) is 0 Å². The van der Waals surface area contributed by atoms with E-state index in [0.717, 1.165) is 46.5 Å². The second kappa shape index (κ2) is 26.3. The zero-order chi connectivity index (χ0) is 40.7. The molecule has 3 atom stereocenters. The Hall–Kier alpha value is -5.55. The van der Waals surface area contributed by atoms with Gasteiger partial charge in [0.05, 0.1) is 11.8 Å². The van der Waals surface area contributed by atoms with E-state index in [-0.39, 0.29) is 45.1 Å². The van der Waals surface area contributed by atoms with Crippen molar-refractivity contribution < 1.29 is 38.5 Å². The number of nitrogens with two attached hydrogens (primary N) is 1. The van der Waals surface area contributed by atoms with Crippen molar-refractivity contribution >= 4 is 51.4 Å². The first-order valence-corrected chi connectivity index (χ1v) is 19.2. The SMILES string of the molecule is C.Cc1ccccc1N.Cc1ccccc1NC(=O)C1CCCN(C(=O)OCc2ccccc2)C1.O=BP.O=C(O)C1CCCN(C(=O)OCc2ccccc2)C1. The molecule has 0 bridgehead atoms. The molecular weight excluding hydrogens is 742 g/mol. The fourth-order valence-electron chi connectivity index (χ4n) is 5.86. The number of likely N-dealkylation sites (tertiary alicyclic amines) is 2. The Kier molecular flexibility index (Phi) is 22.0. The molecule has 6 rings (SSSR count). The van der Waals surface area contributed by atoms with Gasteiger partial charge in [-0.15, -0.1) is 0 Å². The molecule has 3 unspecified atom stereocenters. The molecule has 0 aliphatic carbocycles. The fourth-order valence-corrected chi connectivity index (χ4v) is 5.86. The third-order valence-corrected chi connectivity index (χ3v) is 9.08. The first kappa shape index (κ1) is 47.6. The summed E-state index contributed by atoms with van der Waals surface area (Å²) < 4.78 is 19.3. The van der Waals surface area contributed by atoms with Crippen molar-refractivity contribution in [3.8, 4) is 0 Å². The van der Waals surface area contributed by atoms with Crippen molar-refractivity contribution in [2.45, 2.75) is 60.2 Å². The molecule has 2 saturated heterocycles. The Balaban J connectivity index is 0.000000315. The van der Waals surface area contributed by atoms with E-state index in [0.29, 0.717) is 39.3 Å². The van der Waals surface area contributed by atoms with Gasteiger partial charge in [0.15, 0.2) is 0 Å². The number of aryl methyl sites for hydroxylation is 2. The number of hydrogen-bond acceptors (Lipinski definition) is 8. The molecule has 2 aliphatic heterocycles. The van der Waals surface area contributed by atoms with Crippen LogP contribution in [-0.2, 0) is 37.0 Å². The number of nitrogens with zero attached hydrogens (tertiary/aromatic N) is 2. The number of para-hydroxylation sites is 2. The summed E-state index contributed by atoms with van der Waals surface area (Å²) in [4.78, 5) is 50.8. The van der Waals surface area contributed by atoms with Gasteiger partial charge in [-0.3, -0.25) is 9.59 Å². The van der Waals surface area contributed by atoms with Crippen LogP contribution in [0.2, 0.25) is 0 Å². The van der Waals surface area contributed by atoms with E-state index in [9.17, 15) is 19.2 Å². The van der Waals surface area contributed by atoms with Crippen LogP contribution in [-0.4, -0.2) is 72.0 Å². The number of ether oxygens (including phenoxy) is 2. The number of rotatable bonds is 7. The maximum absolute atomic E-state index is 12.6. The van der Waals surface area contributed by atoms with Crippen LogP contribution in [0.5, 0.6) is 0 Å². The Morgan fingerprint density at radius 1 is 0.719 bits per heavy atom. The van der Waals surface area contributed by atoms with Crippen LogP contribution in [0, 0.1) is 25.7 Å². The van der Waals surface area contributed by atoms with E-state index in [2.05, 4.69) is 5.32 Å². The van der Waals surface area contributed by atoms with Gasteiger partial charge in [0.25, 0.3) is 0 Å². The van der Waals surface area contributed by atoms with Crippen LogP contribution in [0.1, 0.15) is 55.4 Å². The predicted octanol–water partition coefficient (Wildman–Crippen LogP) is 8.14. The third kappa shape index (κ3) is 17.4. The van der Waals surface area contributed by atoms with E-state index in [1.54, 1.807) is 4.90 Å². The quantitative estimate of drug-likeness (QED) is 0.0950. The number of carboxylic acids is 1. The summed E-state index contributed by atoms with van der Waals surface area (Å²) in [5.41, 5.74) is 11.2. The number of hydrogen-bond donors (Lipinski definition) is 3. The summed E-state index contributed by atoms with van der Waals surface area (Å²) in [7, 11) is 1.90. The predicted molar refractivity (Wildman–Crippen MR) is 228 cm³/mol. The van der Waals surface area contributed by atoms with E-state index >= 15 is 0 Å². The number of carbonyl (C=O) groups excluding carboxylic acids is 3. The molecule has 2 heterocycles. The van der Waals surface area contributed by atoms with Gasteiger partial charge in [-0.25, -0.2) is 9.59 Å². The summed E-state index contributed by atoms with van der Waals surface area (Å²) in [5.74, 6) is -1.58. The van der Waals surface area contributed by atoms with Crippen molar-refractivity contribution in [1.29, 1.82) is 0 Å². The number of carboxylic acid groups (broad SMARTS) is 1. The van der Waals surface area contributed by atoms with Gasteiger partial charge in [0.2, 0.25) is 5.91 Å². The second-order valence-corrected chi connectivity index (χ2v) is 13.6. The molecule has 4 N–H and O–H groups in total. The average Bonchev–Trinajstić information content (AvgIpc) is 3.22. The summed E-state index contributed by atoms with van der Waals surface area (Å²) in [6.45, 7) is 6.91. The molecular formula is C43H56BN4O8P. The van der Waals surface area contributed by atoms with Crippen molar-refractivity contribution in [3.05, 3.63) is 131 Å². The number of nitrogen functional groups attached to an aromatic ring is 1. The topological polar surface area (TPSA) is 169 Å². The Morgan fingerprint density at radius 3 is 1.58 bits per heavy atom. The maximum Gasteiger partial charge on any atom is 0.410 e. The van der Waals surface area contributed by atoms with Gasteiger partial charge in [0.1, 0.15) is 13.2 Å². The summed E-state index contributed by atoms with van der Waals surface area (Å²) in [6, 6.07) is 34.5. The van der Waals surface area contributed by atoms with Crippen molar-refractivity contribution in [3.63, 3.8) is 0 Å². The maximum atomic E-state index is 12.6. The Bertz CT molecular complexity index is 1820. The number of benzene rings is 4. The molecule has 3 amide bonds. The van der Waals surface area contributed by atoms with Crippen LogP contribution in [0.3, 0.4) is 0 Å². The van der Waals surface area contributed by atoms with Gasteiger partial charge in [-0.05, 0) is 73.9 Å². The second-order valence-electron chi connectivity index (χ2n) is 13.3. The minimum Gasteiger partial charge on any atom is -0.481 e. The number of piperidine rings is 2. The minimum atomic E-state index is -0.847. The van der Waals surface area contributed by atoms with E-state index in [1.165, 1.54) is 4.90 Å². The monoisotopic (exact) mass is 798 g/mol. The molecule has 57 heavy (non-hydrogen) atoms. The molecule has 304 valence electrons. The molecule has 2 aliphatic rings. The number of amides is 3. The van der Waals surface area contributed by atoms with E-state index in [4.69, 9.17) is 25.0 Å². The van der Waals surface area contributed by atoms with E-state index < -0.39 is 18.0 Å². The summed E-state index contributed by atoms with van der Waals surface area (Å²) >= 11 is 0. The summed E-state index contributed by atoms with van der Waals surface area (Å²) in [5, 5.41) is 11.9. The zero-order valence-electron chi connectivity index (χ0n) is 32.0. The van der Waals surface area contributed by atoms with Crippen LogP contribution < -0.4 is 11.1 Å². The van der Waals surface area contributed by atoms with Crippen molar-refractivity contribution in [1.82, 2.24) is 9.80 Å². The molecule has 0 spiro atoms. The number of aliphatic carboxylic acids is 1. The largest absolute Gasteiger partial charge is 0.481 e. The molecule has 12 nitrogen and oxygen atoms in total. The molecule has 4 aromatic rings. The zero-order valence-corrected chi connectivity index (χ0v) is 33.2. The fraction of sp³-hybridized carbons (Fsp3) is 0.349. The molecule has 0 radical (unpaired) electrons. The Morgan fingerprint density at radius 2 is 1.14 bits per heavy atom. The minimum absolute atomic E-state index is 0. The van der Waals surface area contributed by atoms with E-state index in [1.807, 2.05) is 132 Å². The van der Waals surface area contributed by atoms with Crippen LogP contribution in [0.4, 0.5) is 21.0 Å². The average molecular weight is 799 g/mol. The van der Waals surface area contributed by atoms with Crippen molar-refractivity contribution in [2.75, 3.05) is 37.2 Å². The molecule has 2 fully saturated rings. The smallest absolute Gasteiger partial charge is 0.410 e. The molecule has 0 saturated carbocycles. The van der Waals surface area contributed by atoms with Gasteiger partial charge in [0, 0.05) is 37.6 Å². The number of anilines is 2. The van der Waals surface area contributed by atoms with Crippen LogP contribution in [0.15, 0.2) is 109 Å². The number of nitrogens with one attached hydrogen (secondary N) is 1.